The zero-order valence-electron chi connectivity index (χ0n) is 14.2. The lowest BCUT2D eigenvalue weighted by Gasteiger charge is -2.06. The molecule has 0 fully saturated rings. The van der Waals surface area contributed by atoms with Gasteiger partial charge >= 0.3 is 0 Å². The fourth-order valence-corrected chi connectivity index (χ4v) is 2.74. The number of hydrogen-bond donors (Lipinski definition) is 4. The van der Waals surface area contributed by atoms with E-state index in [-0.39, 0.29) is 11.5 Å². The topological polar surface area (TPSA) is 137 Å². The third-order valence-electron chi connectivity index (χ3n) is 3.59. The molecule has 8 nitrogen and oxygen atoms in total. The van der Waals surface area contributed by atoms with Gasteiger partial charge < -0.3 is 16.2 Å². The molecule has 2 rings (SSSR count). The summed E-state index contributed by atoms with van der Waals surface area (Å²) in [6.07, 6.45) is 1.01. The van der Waals surface area contributed by atoms with Crippen LogP contribution in [-0.4, -0.2) is 36.9 Å². The van der Waals surface area contributed by atoms with Gasteiger partial charge in [-0.2, -0.15) is 8.42 Å². The molecule has 0 radical (unpaired) electrons. The van der Waals surface area contributed by atoms with Gasteiger partial charge in [0.15, 0.2) is 0 Å². The molecule has 0 atom stereocenters. The number of nitrogens with one attached hydrogen (secondary N) is 1. The van der Waals surface area contributed by atoms with Crippen LogP contribution in [0.15, 0.2) is 52.7 Å². The average Bonchev–Trinajstić information content (AvgIpc) is 2.58. The second kappa shape index (κ2) is 9.27. The van der Waals surface area contributed by atoms with E-state index in [0.717, 1.165) is 5.56 Å². The monoisotopic (exact) mass is 378 g/mol. The normalized spacial score (nSPS) is 11.9. The van der Waals surface area contributed by atoms with Crippen molar-refractivity contribution in [3.8, 4) is 5.75 Å². The van der Waals surface area contributed by atoms with Crippen LogP contribution in [0.1, 0.15) is 12.0 Å². The summed E-state index contributed by atoms with van der Waals surface area (Å²) >= 11 is 0. The third-order valence-corrected chi connectivity index (χ3v) is 4.39. The van der Waals surface area contributed by atoms with E-state index in [0.29, 0.717) is 43.0 Å². The summed E-state index contributed by atoms with van der Waals surface area (Å²) in [5.74, 6) is -0.236. The van der Waals surface area contributed by atoms with Crippen LogP contribution < -0.4 is 11.1 Å². The van der Waals surface area contributed by atoms with Gasteiger partial charge in [-0.3, -0.25) is 4.55 Å². The lowest BCUT2D eigenvalue weighted by molar-refractivity contribution is 0.476. The molecule has 9 heteroatoms. The van der Waals surface area contributed by atoms with E-state index in [2.05, 4.69) is 15.5 Å². The number of phenols is 1. The molecule has 0 unspecified atom stereocenters. The maximum Gasteiger partial charge on any atom is 0.264 e. The highest BCUT2D eigenvalue weighted by Gasteiger charge is 2.05. The van der Waals surface area contributed by atoms with Crippen molar-refractivity contribution in [3.63, 3.8) is 0 Å². The van der Waals surface area contributed by atoms with Gasteiger partial charge in [0.2, 0.25) is 0 Å². The first-order valence-corrected chi connectivity index (χ1v) is 9.70. The zero-order chi connectivity index (χ0) is 19.0. The van der Waals surface area contributed by atoms with Crippen LogP contribution in [0.4, 0.5) is 17.1 Å². The minimum Gasteiger partial charge on any atom is -0.506 e. The number of para-hydroxylation sites is 1. The number of azo groups is 1. The summed E-state index contributed by atoms with van der Waals surface area (Å²) in [5.41, 5.74) is 8.12. The van der Waals surface area contributed by atoms with Crippen molar-refractivity contribution in [3.05, 3.63) is 48.0 Å². The van der Waals surface area contributed by atoms with Gasteiger partial charge in [-0.05, 0) is 55.8 Å². The molecule has 5 N–H and O–H groups in total. The van der Waals surface area contributed by atoms with Crippen LogP contribution >= 0.6 is 0 Å². The second-order valence-corrected chi connectivity index (χ2v) is 7.29. The highest BCUT2D eigenvalue weighted by molar-refractivity contribution is 7.85. The number of nitrogen functional groups attached to an aromatic ring is 1. The minimum absolute atomic E-state index is 0.0214. The predicted octanol–water partition coefficient (Wildman–Crippen LogP) is 2.80. The molecule has 0 aliphatic heterocycles. The SMILES string of the molecule is Nc1ccccc1N=Nc1cc(CCNCCCS(=O)(=O)O)ccc1O. The van der Waals surface area contributed by atoms with E-state index >= 15 is 0 Å². The summed E-state index contributed by atoms with van der Waals surface area (Å²) in [7, 11) is -3.91. The second-order valence-electron chi connectivity index (χ2n) is 5.72. The number of hydrogen-bond acceptors (Lipinski definition) is 7. The van der Waals surface area contributed by atoms with Crippen molar-refractivity contribution in [2.45, 2.75) is 12.8 Å². The number of benzene rings is 2. The van der Waals surface area contributed by atoms with E-state index in [1.807, 2.05) is 0 Å². The fraction of sp³-hybridized carbons (Fsp3) is 0.294. The van der Waals surface area contributed by atoms with Crippen molar-refractivity contribution in [1.29, 1.82) is 0 Å². The zero-order valence-corrected chi connectivity index (χ0v) is 15.0. The molecule has 0 heterocycles. The molecule has 2 aromatic carbocycles. The molecule has 140 valence electrons. The molecule has 0 saturated heterocycles. The Bertz CT molecular complexity index is 869. The van der Waals surface area contributed by atoms with Crippen molar-refractivity contribution in [1.82, 2.24) is 5.32 Å². The Morgan fingerprint density at radius 2 is 1.77 bits per heavy atom. The highest BCUT2D eigenvalue weighted by atomic mass is 32.2. The van der Waals surface area contributed by atoms with Gasteiger partial charge in [0, 0.05) is 0 Å². The standard InChI is InChI=1S/C17H22N4O4S/c18-14-4-1-2-5-15(14)20-21-16-12-13(6-7-17(16)22)8-10-19-9-3-11-26(23,24)25/h1-2,4-7,12,19,22H,3,8-11,18H2,(H,23,24,25). The average molecular weight is 378 g/mol. The maximum atomic E-state index is 10.6. The van der Waals surface area contributed by atoms with Gasteiger partial charge in [0.1, 0.15) is 17.1 Å². The summed E-state index contributed by atoms with van der Waals surface area (Å²) in [6.45, 7) is 1.11. The summed E-state index contributed by atoms with van der Waals surface area (Å²) in [4.78, 5) is 0. The Morgan fingerprint density at radius 1 is 1.04 bits per heavy atom. The van der Waals surface area contributed by atoms with Gasteiger partial charge in [-0.25, -0.2) is 0 Å². The van der Waals surface area contributed by atoms with Crippen LogP contribution in [0.25, 0.3) is 0 Å². The maximum absolute atomic E-state index is 10.6. The van der Waals surface area contributed by atoms with Crippen molar-refractivity contribution < 1.29 is 18.1 Å². The Labute approximate surface area is 152 Å². The van der Waals surface area contributed by atoms with E-state index in [1.165, 1.54) is 0 Å². The predicted molar refractivity (Wildman–Crippen MR) is 101 cm³/mol. The van der Waals surface area contributed by atoms with E-state index in [9.17, 15) is 13.5 Å². The third kappa shape index (κ3) is 6.79. The Hall–Kier alpha value is -2.49. The van der Waals surface area contributed by atoms with Crippen LogP contribution in [0.5, 0.6) is 5.75 Å². The smallest absolute Gasteiger partial charge is 0.264 e. The quantitative estimate of drug-likeness (QED) is 0.229. The first kappa shape index (κ1) is 19.8. The summed E-state index contributed by atoms with van der Waals surface area (Å²) in [6, 6.07) is 12.1. The molecule has 0 saturated carbocycles. The van der Waals surface area contributed by atoms with E-state index in [4.69, 9.17) is 10.3 Å². The van der Waals surface area contributed by atoms with E-state index < -0.39 is 10.1 Å². The van der Waals surface area contributed by atoms with Crippen LogP contribution in [0.3, 0.4) is 0 Å². The van der Waals surface area contributed by atoms with E-state index in [1.54, 1.807) is 42.5 Å². The molecule has 26 heavy (non-hydrogen) atoms. The number of anilines is 1. The van der Waals surface area contributed by atoms with Crippen molar-refractivity contribution >= 4 is 27.2 Å². The molecular formula is C17H22N4O4S. The van der Waals surface area contributed by atoms with Gasteiger partial charge in [0.25, 0.3) is 10.1 Å². The molecule has 0 aliphatic carbocycles. The largest absolute Gasteiger partial charge is 0.506 e. The van der Waals surface area contributed by atoms with Crippen molar-refractivity contribution in [2.24, 2.45) is 10.2 Å². The van der Waals surface area contributed by atoms with Crippen LogP contribution in [-0.2, 0) is 16.5 Å². The van der Waals surface area contributed by atoms with Crippen LogP contribution in [0, 0.1) is 0 Å². The number of rotatable bonds is 9. The molecule has 0 amide bonds. The minimum atomic E-state index is -3.91. The molecule has 0 bridgehead atoms. The summed E-state index contributed by atoms with van der Waals surface area (Å²) in [5, 5.41) is 21.1. The molecular weight excluding hydrogens is 356 g/mol. The van der Waals surface area contributed by atoms with Crippen molar-refractivity contribution in [2.75, 3.05) is 24.6 Å². The fourth-order valence-electron chi connectivity index (χ4n) is 2.23. The summed E-state index contributed by atoms with van der Waals surface area (Å²) < 4.78 is 29.9. The van der Waals surface area contributed by atoms with Gasteiger partial charge in [0.05, 0.1) is 11.4 Å². The van der Waals surface area contributed by atoms with Gasteiger partial charge in [-0.1, -0.05) is 18.2 Å². The number of nitrogens with zero attached hydrogens (tertiary/aromatic N) is 2. The number of aromatic hydroxyl groups is 1. The molecule has 0 aromatic heterocycles. The molecule has 0 aliphatic rings. The van der Waals surface area contributed by atoms with Crippen LogP contribution in [0.2, 0.25) is 0 Å². The first-order chi connectivity index (χ1) is 12.3. The first-order valence-electron chi connectivity index (χ1n) is 8.09. The lowest BCUT2D eigenvalue weighted by atomic mass is 10.1. The number of phenolic OH excluding ortho intramolecular Hbond substituents is 1. The Morgan fingerprint density at radius 3 is 2.50 bits per heavy atom. The Balaban J connectivity index is 1.90. The number of nitrogens with two attached hydrogens (primary N) is 1. The lowest BCUT2D eigenvalue weighted by Crippen LogP contribution is -2.20. The molecule has 0 spiro atoms. The van der Waals surface area contributed by atoms with Gasteiger partial charge in [-0.15, -0.1) is 10.2 Å². The highest BCUT2D eigenvalue weighted by Crippen LogP contribution is 2.30. The Kier molecular flexibility index (Phi) is 7.07. The molecule has 2 aromatic rings.